The summed E-state index contributed by atoms with van der Waals surface area (Å²) in [6.45, 7) is 1.05. The number of nitrogens with zero attached hydrogens (tertiary/aromatic N) is 3. The van der Waals surface area contributed by atoms with Crippen molar-refractivity contribution in [2.24, 2.45) is 5.92 Å². The summed E-state index contributed by atoms with van der Waals surface area (Å²) in [5.74, 6) is 1.11. The molecule has 4 aromatic rings. The molecule has 0 spiro atoms. The highest BCUT2D eigenvalue weighted by Gasteiger charge is 2.34. The molecule has 8 heteroatoms. The second kappa shape index (κ2) is 10.4. The monoisotopic (exact) mass is 482 g/mol. The van der Waals surface area contributed by atoms with E-state index in [0.717, 1.165) is 23.3 Å². The number of nitrogens with one attached hydrogen (secondary N) is 1. The van der Waals surface area contributed by atoms with Crippen LogP contribution in [-0.2, 0) is 16.0 Å². The molecule has 1 aliphatic rings. The standard InChI is InChI=1S/C28H26N4O4/c1-35-24-13-9-20(10-14-24)26-30-28(36-31-26)21-7-11-23(12-8-21)29-27(34)22-17-25(33)32(18-22)16-15-19-5-3-2-4-6-19/h2-14,22H,15-18H2,1H3,(H,29,34)/t22-/m0/s1. The van der Waals surface area contributed by atoms with Crippen molar-refractivity contribution < 1.29 is 18.8 Å². The summed E-state index contributed by atoms with van der Waals surface area (Å²) in [6, 6.07) is 24.6. The minimum atomic E-state index is -0.365. The number of hydrogen-bond acceptors (Lipinski definition) is 6. The number of aromatic nitrogens is 2. The number of benzene rings is 3. The Kier molecular flexibility index (Phi) is 6.75. The van der Waals surface area contributed by atoms with Gasteiger partial charge in [0, 0.05) is 36.3 Å². The number of hydrogen-bond donors (Lipinski definition) is 1. The van der Waals surface area contributed by atoms with Gasteiger partial charge in [-0.15, -0.1) is 0 Å². The Balaban J connectivity index is 1.17. The number of rotatable bonds is 8. The first kappa shape index (κ1) is 23.3. The molecule has 0 unspecified atom stereocenters. The van der Waals surface area contributed by atoms with Gasteiger partial charge in [0.25, 0.3) is 5.89 Å². The lowest BCUT2D eigenvalue weighted by molar-refractivity contribution is -0.128. The third-order valence-electron chi connectivity index (χ3n) is 6.27. The fraction of sp³-hybridized carbons (Fsp3) is 0.214. The van der Waals surface area contributed by atoms with Gasteiger partial charge < -0.3 is 19.5 Å². The first-order valence-corrected chi connectivity index (χ1v) is 11.8. The topological polar surface area (TPSA) is 97.6 Å². The van der Waals surface area contributed by atoms with Gasteiger partial charge in [-0.25, -0.2) is 0 Å². The average Bonchev–Trinajstić information content (AvgIpc) is 3.56. The molecule has 182 valence electrons. The Labute approximate surface area is 208 Å². The van der Waals surface area contributed by atoms with Crippen molar-refractivity contribution in [2.45, 2.75) is 12.8 Å². The lowest BCUT2D eigenvalue weighted by Crippen LogP contribution is -2.30. The zero-order valence-corrected chi connectivity index (χ0v) is 19.9. The molecule has 1 fully saturated rings. The van der Waals surface area contributed by atoms with Crippen LogP contribution in [0.25, 0.3) is 22.8 Å². The van der Waals surface area contributed by atoms with E-state index in [-0.39, 0.29) is 24.2 Å². The predicted octanol–water partition coefficient (Wildman–Crippen LogP) is 4.44. The maximum Gasteiger partial charge on any atom is 0.258 e. The smallest absolute Gasteiger partial charge is 0.258 e. The van der Waals surface area contributed by atoms with Crippen LogP contribution >= 0.6 is 0 Å². The Morgan fingerprint density at radius 1 is 1.03 bits per heavy atom. The summed E-state index contributed by atoms with van der Waals surface area (Å²) in [6.07, 6.45) is 1.01. The van der Waals surface area contributed by atoms with Crippen LogP contribution in [0.1, 0.15) is 12.0 Å². The quantitative estimate of drug-likeness (QED) is 0.399. The van der Waals surface area contributed by atoms with Crippen LogP contribution < -0.4 is 10.1 Å². The van der Waals surface area contributed by atoms with E-state index in [9.17, 15) is 9.59 Å². The van der Waals surface area contributed by atoms with E-state index in [1.807, 2.05) is 66.7 Å². The first-order chi connectivity index (χ1) is 17.6. The zero-order valence-electron chi connectivity index (χ0n) is 19.9. The highest BCUT2D eigenvalue weighted by molar-refractivity contribution is 5.97. The predicted molar refractivity (Wildman–Crippen MR) is 135 cm³/mol. The molecule has 3 aromatic carbocycles. The SMILES string of the molecule is COc1ccc(-c2noc(-c3ccc(NC(=O)[C@H]4CC(=O)N(CCc5ccccc5)C4)cc3)n2)cc1. The van der Waals surface area contributed by atoms with Gasteiger partial charge in [0.1, 0.15) is 5.75 Å². The minimum absolute atomic E-state index is 0.0190. The summed E-state index contributed by atoms with van der Waals surface area (Å²) < 4.78 is 10.6. The number of ether oxygens (including phenoxy) is 1. The van der Waals surface area contributed by atoms with Gasteiger partial charge in [-0.05, 0) is 60.5 Å². The fourth-order valence-corrected chi connectivity index (χ4v) is 4.21. The highest BCUT2D eigenvalue weighted by atomic mass is 16.5. The third kappa shape index (κ3) is 5.27. The molecule has 0 aliphatic carbocycles. The summed E-state index contributed by atoms with van der Waals surface area (Å²) in [5, 5.41) is 6.98. The minimum Gasteiger partial charge on any atom is -0.497 e. The molecule has 0 radical (unpaired) electrons. The lowest BCUT2D eigenvalue weighted by Gasteiger charge is -2.16. The van der Waals surface area contributed by atoms with Gasteiger partial charge in [-0.2, -0.15) is 4.98 Å². The van der Waals surface area contributed by atoms with E-state index < -0.39 is 0 Å². The van der Waals surface area contributed by atoms with Crippen LogP contribution in [0.15, 0.2) is 83.4 Å². The van der Waals surface area contributed by atoms with E-state index in [1.54, 1.807) is 24.1 Å². The maximum atomic E-state index is 12.8. The molecule has 1 aliphatic heterocycles. The molecule has 2 amide bonds. The molecular weight excluding hydrogens is 456 g/mol. The maximum absolute atomic E-state index is 12.8. The average molecular weight is 483 g/mol. The van der Waals surface area contributed by atoms with Crippen LogP contribution in [0.4, 0.5) is 5.69 Å². The van der Waals surface area contributed by atoms with Gasteiger partial charge in [0.2, 0.25) is 17.6 Å². The molecule has 5 rings (SSSR count). The molecule has 1 aromatic heterocycles. The Bertz CT molecular complexity index is 1330. The molecule has 2 heterocycles. The Morgan fingerprint density at radius 2 is 1.75 bits per heavy atom. The number of methoxy groups -OCH3 is 1. The second-order valence-corrected chi connectivity index (χ2v) is 8.69. The van der Waals surface area contributed by atoms with E-state index in [0.29, 0.717) is 30.5 Å². The number of carbonyl (C=O) groups excluding carboxylic acids is 2. The second-order valence-electron chi connectivity index (χ2n) is 8.69. The Hall–Kier alpha value is -4.46. The van der Waals surface area contributed by atoms with Crippen LogP contribution in [-0.4, -0.2) is 47.1 Å². The van der Waals surface area contributed by atoms with Crippen LogP contribution in [0, 0.1) is 5.92 Å². The summed E-state index contributed by atoms with van der Waals surface area (Å²) >= 11 is 0. The van der Waals surface area contributed by atoms with E-state index in [4.69, 9.17) is 9.26 Å². The number of amides is 2. The van der Waals surface area contributed by atoms with Gasteiger partial charge in [-0.3, -0.25) is 9.59 Å². The first-order valence-electron chi connectivity index (χ1n) is 11.8. The molecular formula is C28H26N4O4. The zero-order chi connectivity index (χ0) is 24.9. The molecule has 0 bridgehead atoms. The van der Waals surface area contributed by atoms with Gasteiger partial charge in [0.15, 0.2) is 0 Å². The molecule has 1 N–H and O–H groups in total. The molecule has 8 nitrogen and oxygen atoms in total. The van der Waals surface area contributed by atoms with Crippen molar-refractivity contribution in [3.05, 3.63) is 84.4 Å². The number of anilines is 1. The van der Waals surface area contributed by atoms with Crippen molar-refractivity contribution in [1.29, 1.82) is 0 Å². The van der Waals surface area contributed by atoms with E-state index in [1.165, 1.54) is 5.56 Å². The summed E-state index contributed by atoms with van der Waals surface area (Å²) in [4.78, 5) is 31.5. The summed E-state index contributed by atoms with van der Waals surface area (Å²) in [7, 11) is 1.61. The normalized spacial score (nSPS) is 15.2. The largest absolute Gasteiger partial charge is 0.497 e. The molecule has 36 heavy (non-hydrogen) atoms. The van der Waals surface area contributed by atoms with Crippen molar-refractivity contribution in [3.8, 4) is 28.6 Å². The van der Waals surface area contributed by atoms with Crippen molar-refractivity contribution in [1.82, 2.24) is 15.0 Å². The summed E-state index contributed by atoms with van der Waals surface area (Å²) in [5.41, 5.74) is 3.38. The van der Waals surface area contributed by atoms with Crippen molar-refractivity contribution >= 4 is 17.5 Å². The van der Waals surface area contributed by atoms with E-state index >= 15 is 0 Å². The molecule has 1 atom stereocenters. The van der Waals surface area contributed by atoms with Gasteiger partial charge in [0.05, 0.1) is 13.0 Å². The Morgan fingerprint density at radius 3 is 2.47 bits per heavy atom. The number of carbonyl (C=O) groups is 2. The van der Waals surface area contributed by atoms with E-state index in [2.05, 4.69) is 15.5 Å². The highest BCUT2D eigenvalue weighted by Crippen LogP contribution is 2.26. The fourth-order valence-electron chi connectivity index (χ4n) is 4.21. The van der Waals surface area contributed by atoms with Crippen LogP contribution in [0.3, 0.4) is 0 Å². The lowest BCUT2D eigenvalue weighted by atomic mass is 10.1. The molecule has 1 saturated heterocycles. The third-order valence-corrected chi connectivity index (χ3v) is 6.27. The van der Waals surface area contributed by atoms with Gasteiger partial charge in [-0.1, -0.05) is 35.5 Å². The van der Waals surface area contributed by atoms with Crippen LogP contribution in [0.5, 0.6) is 5.75 Å². The number of likely N-dealkylation sites (tertiary alicyclic amines) is 1. The molecule has 0 saturated carbocycles. The van der Waals surface area contributed by atoms with Crippen molar-refractivity contribution in [3.63, 3.8) is 0 Å². The van der Waals surface area contributed by atoms with Crippen molar-refractivity contribution in [2.75, 3.05) is 25.5 Å². The van der Waals surface area contributed by atoms with Crippen LogP contribution in [0.2, 0.25) is 0 Å². The van der Waals surface area contributed by atoms with Gasteiger partial charge >= 0.3 is 0 Å².